The molecule has 0 spiro atoms. The number of pyridine rings is 1. The van der Waals surface area contributed by atoms with E-state index in [0.29, 0.717) is 25.6 Å². The average molecular weight is 386 g/mol. The number of aromatic amines is 1. The minimum atomic E-state index is 0.496. The molecule has 5 nitrogen and oxygen atoms in total. The van der Waals surface area contributed by atoms with Gasteiger partial charge < -0.3 is 15.0 Å². The SMILES string of the molecule is Cc1cccc(COc2nc3cc(C)ccc3cc2CNCc2ncc(C)[nH]2)c1. The van der Waals surface area contributed by atoms with Crippen molar-refractivity contribution in [2.24, 2.45) is 0 Å². The number of aromatic nitrogens is 3. The highest BCUT2D eigenvalue weighted by Crippen LogP contribution is 2.24. The van der Waals surface area contributed by atoms with Gasteiger partial charge in [-0.3, -0.25) is 0 Å². The molecule has 148 valence electrons. The number of hydrogen-bond acceptors (Lipinski definition) is 4. The molecule has 0 saturated carbocycles. The van der Waals surface area contributed by atoms with Crippen molar-refractivity contribution in [3.8, 4) is 5.88 Å². The van der Waals surface area contributed by atoms with Crippen LogP contribution in [0.4, 0.5) is 0 Å². The lowest BCUT2D eigenvalue weighted by Gasteiger charge is -2.13. The van der Waals surface area contributed by atoms with Gasteiger partial charge in [-0.05, 0) is 44.0 Å². The number of aryl methyl sites for hydroxylation is 3. The third kappa shape index (κ3) is 4.81. The second-order valence-electron chi connectivity index (χ2n) is 7.54. The fourth-order valence-electron chi connectivity index (χ4n) is 3.38. The monoisotopic (exact) mass is 386 g/mol. The molecule has 2 heterocycles. The Labute approximate surface area is 171 Å². The molecule has 4 rings (SSSR count). The van der Waals surface area contributed by atoms with Crippen LogP contribution in [0.25, 0.3) is 10.9 Å². The van der Waals surface area contributed by atoms with Crippen molar-refractivity contribution in [2.75, 3.05) is 0 Å². The number of ether oxygens (including phenoxy) is 1. The Morgan fingerprint density at radius 1 is 0.966 bits per heavy atom. The highest BCUT2D eigenvalue weighted by atomic mass is 16.5. The molecule has 0 amide bonds. The Bertz CT molecular complexity index is 1130. The van der Waals surface area contributed by atoms with Crippen LogP contribution in [-0.2, 0) is 19.7 Å². The Balaban J connectivity index is 1.56. The Morgan fingerprint density at radius 2 is 1.83 bits per heavy atom. The first-order valence-electron chi connectivity index (χ1n) is 9.87. The van der Waals surface area contributed by atoms with Crippen molar-refractivity contribution in [2.45, 2.75) is 40.5 Å². The number of nitrogens with one attached hydrogen (secondary N) is 2. The van der Waals surface area contributed by atoms with Gasteiger partial charge in [-0.2, -0.15) is 0 Å². The topological polar surface area (TPSA) is 62.8 Å². The maximum atomic E-state index is 6.16. The Morgan fingerprint density at radius 3 is 2.62 bits per heavy atom. The van der Waals surface area contributed by atoms with Crippen molar-refractivity contribution >= 4 is 10.9 Å². The van der Waals surface area contributed by atoms with E-state index < -0.39 is 0 Å². The van der Waals surface area contributed by atoms with E-state index >= 15 is 0 Å². The van der Waals surface area contributed by atoms with Crippen molar-refractivity contribution < 1.29 is 4.74 Å². The zero-order valence-corrected chi connectivity index (χ0v) is 17.1. The van der Waals surface area contributed by atoms with Crippen LogP contribution in [0.2, 0.25) is 0 Å². The van der Waals surface area contributed by atoms with Gasteiger partial charge in [0.25, 0.3) is 0 Å². The van der Waals surface area contributed by atoms with Crippen LogP contribution in [0, 0.1) is 20.8 Å². The van der Waals surface area contributed by atoms with Crippen molar-refractivity contribution in [3.05, 3.63) is 88.5 Å². The fourth-order valence-corrected chi connectivity index (χ4v) is 3.38. The van der Waals surface area contributed by atoms with Crippen molar-refractivity contribution in [3.63, 3.8) is 0 Å². The number of nitrogens with zero attached hydrogens (tertiary/aromatic N) is 2. The minimum absolute atomic E-state index is 0.496. The molecule has 5 heteroatoms. The van der Waals surface area contributed by atoms with E-state index in [9.17, 15) is 0 Å². The van der Waals surface area contributed by atoms with Gasteiger partial charge in [-0.25, -0.2) is 9.97 Å². The van der Waals surface area contributed by atoms with Crippen LogP contribution in [-0.4, -0.2) is 15.0 Å². The number of benzene rings is 2. The molecule has 2 aromatic heterocycles. The van der Waals surface area contributed by atoms with Crippen molar-refractivity contribution in [1.82, 2.24) is 20.3 Å². The summed E-state index contributed by atoms with van der Waals surface area (Å²) >= 11 is 0. The first-order valence-corrected chi connectivity index (χ1v) is 9.87. The summed E-state index contributed by atoms with van der Waals surface area (Å²) < 4.78 is 6.16. The quantitative estimate of drug-likeness (QED) is 0.481. The third-order valence-electron chi connectivity index (χ3n) is 4.83. The highest BCUT2D eigenvalue weighted by Gasteiger charge is 2.10. The maximum absolute atomic E-state index is 6.16. The van der Waals surface area contributed by atoms with E-state index in [1.165, 1.54) is 11.1 Å². The minimum Gasteiger partial charge on any atom is -0.473 e. The van der Waals surface area contributed by atoms with E-state index in [1.54, 1.807) is 0 Å². The first kappa shape index (κ1) is 19.2. The average Bonchev–Trinajstić information content (AvgIpc) is 3.11. The van der Waals surface area contributed by atoms with E-state index in [0.717, 1.165) is 33.5 Å². The Kier molecular flexibility index (Phi) is 5.58. The van der Waals surface area contributed by atoms with E-state index in [-0.39, 0.29) is 0 Å². The van der Waals surface area contributed by atoms with E-state index in [1.807, 2.05) is 13.1 Å². The van der Waals surface area contributed by atoms with Gasteiger partial charge in [0, 0.05) is 29.4 Å². The summed E-state index contributed by atoms with van der Waals surface area (Å²) in [5, 5.41) is 4.56. The Hall–Kier alpha value is -3.18. The van der Waals surface area contributed by atoms with Crippen LogP contribution >= 0.6 is 0 Å². The van der Waals surface area contributed by atoms with Crippen LogP contribution in [0.5, 0.6) is 5.88 Å². The molecule has 0 radical (unpaired) electrons. The maximum Gasteiger partial charge on any atom is 0.218 e. The summed E-state index contributed by atoms with van der Waals surface area (Å²) in [6.45, 7) is 7.98. The molecule has 0 aliphatic rings. The van der Waals surface area contributed by atoms with Crippen LogP contribution in [0.3, 0.4) is 0 Å². The predicted molar refractivity (Wildman–Crippen MR) is 116 cm³/mol. The summed E-state index contributed by atoms with van der Waals surface area (Å²) in [7, 11) is 0. The molecule has 0 aliphatic heterocycles. The van der Waals surface area contributed by atoms with E-state index in [4.69, 9.17) is 9.72 Å². The summed E-state index contributed by atoms with van der Waals surface area (Å²) in [5.41, 5.74) is 6.61. The lowest BCUT2D eigenvalue weighted by Crippen LogP contribution is -2.15. The lowest BCUT2D eigenvalue weighted by molar-refractivity contribution is 0.290. The molecule has 29 heavy (non-hydrogen) atoms. The number of H-pyrrole nitrogens is 1. The molecule has 0 unspecified atom stereocenters. The van der Waals surface area contributed by atoms with Gasteiger partial charge in [-0.1, -0.05) is 42.0 Å². The zero-order valence-electron chi connectivity index (χ0n) is 17.1. The van der Waals surface area contributed by atoms with Gasteiger partial charge in [0.2, 0.25) is 5.88 Å². The second kappa shape index (κ2) is 8.45. The number of fused-ring (bicyclic) bond motifs is 1. The fraction of sp³-hybridized carbons (Fsp3) is 0.250. The molecule has 0 saturated heterocycles. The summed E-state index contributed by atoms with van der Waals surface area (Å²) in [5.74, 6) is 1.60. The molecule has 0 aliphatic carbocycles. The number of rotatable bonds is 7. The molecule has 4 aromatic rings. The largest absolute Gasteiger partial charge is 0.473 e. The lowest BCUT2D eigenvalue weighted by atomic mass is 10.1. The normalized spacial score (nSPS) is 11.1. The number of hydrogen-bond donors (Lipinski definition) is 2. The van der Waals surface area contributed by atoms with Gasteiger partial charge in [0.05, 0.1) is 12.1 Å². The molecule has 2 aromatic carbocycles. The summed E-state index contributed by atoms with van der Waals surface area (Å²) in [6.07, 6.45) is 1.84. The smallest absolute Gasteiger partial charge is 0.218 e. The number of imidazole rings is 1. The van der Waals surface area contributed by atoms with E-state index in [2.05, 4.69) is 77.7 Å². The third-order valence-corrected chi connectivity index (χ3v) is 4.83. The molecule has 0 atom stereocenters. The summed E-state index contributed by atoms with van der Waals surface area (Å²) in [6, 6.07) is 16.8. The van der Waals surface area contributed by atoms with Gasteiger partial charge in [-0.15, -0.1) is 0 Å². The molecular weight excluding hydrogens is 360 g/mol. The van der Waals surface area contributed by atoms with Crippen LogP contribution < -0.4 is 10.1 Å². The molecule has 0 fully saturated rings. The standard InChI is InChI=1S/C24H26N4O/c1-16-5-4-6-19(9-16)15-29-24-21(13-25-14-23-26-12-18(3)27-23)11-20-8-7-17(2)10-22(20)28-24/h4-12,25H,13-15H2,1-3H3,(H,26,27). The van der Waals surface area contributed by atoms with Gasteiger partial charge in [0.15, 0.2) is 0 Å². The molecule has 0 bridgehead atoms. The van der Waals surface area contributed by atoms with Crippen molar-refractivity contribution in [1.29, 1.82) is 0 Å². The second-order valence-corrected chi connectivity index (χ2v) is 7.54. The molecular formula is C24H26N4O. The molecule has 2 N–H and O–H groups in total. The highest BCUT2D eigenvalue weighted by molar-refractivity contribution is 5.80. The van der Waals surface area contributed by atoms with Crippen LogP contribution in [0.15, 0.2) is 54.7 Å². The van der Waals surface area contributed by atoms with Gasteiger partial charge in [0.1, 0.15) is 12.4 Å². The first-order chi connectivity index (χ1) is 14.1. The predicted octanol–water partition coefficient (Wildman–Crippen LogP) is 4.75. The van der Waals surface area contributed by atoms with Gasteiger partial charge >= 0.3 is 0 Å². The van der Waals surface area contributed by atoms with Crippen LogP contribution in [0.1, 0.15) is 33.8 Å². The summed E-state index contributed by atoms with van der Waals surface area (Å²) in [4.78, 5) is 12.4. The zero-order chi connectivity index (χ0) is 20.2.